The molecule has 6 nitrogen and oxygen atoms in total. The molecule has 140 valence electrons. The highest BCUT2D eigenvalue weighted by Gasteiger charge is 2.24. The van der Waals surface area contributed by atoms with Gasteiger partial charge < -0.3 is 19.7 Å². The van der Waals surface area contributed by atoms with Crippen molar-refractivity contribution in [3.05, 3.63) is 53.6 Å². The van der Waals surface area contributed by atoms with Crippen LogP contribution in [0.15, 0.2) is 42.5 Å². The highest BCUT2D eigenvalue weighted by molar-refractivity contribution is 5.77. The fourth-order valence-corrected chi connectivity index (χ4v) is 3.34. The largest absolute Gasteiger partial charge is 0.493 e. The molecule has 0 aliphatic carbocycles. The van der Waals surface area contributed by atoms with E-state index in [1.54, 1.807) is 18.2 Å². The normalized spacial score (nSPS) is 15.0. The molecule has 0 fully saturated rings. The predicted molar refractivity (Wildman–Crippen MR) is 103 cm³/mol. The topological polar surface area (TPSA) is 74.6 Å². The lowest BCUT2D eigenvalue weighted by Gasteiger charge is -2.25. The number of nitriles is 1. The first-order chi connectivity index (χ1) is 13.1. The van der Waals surface area contributed by atoms with E-state index >= 15 is 0 Å². The molecular formula is C21H23N3O3. The number of benzene rings is 2. The Hall–Kier alpha value is -3.20. The summed E-state index contributed by atoms with van der Waals surface area (Å²) in [5, 5.41) is 11.8. The molecule has 0 spiro atoms. The van der Waals surface area contributed by atoms with Gasteiger partial charge >= 0.3 is 0 Å². The van der Waals surface area contributed by atoms with Crippen molar-refractivity contribution in [2.24, 2.45) is 0 Å². The van der Waals surface area contributed by atoms with Crippen molar-refractivity contribution in [3.8, 4) is 17.6 Å². The van der Waals surface area contributed by atoms with Gasteiger partial charge in [-0.2, -0.15) is 5.26 Å². The lowest BCUT2D eigenvalue weighted by atomic mass is 10.1. The Bertz CT molecular complexity index is 860. The van der Waals surface area contributed by atoms with E-state index in [0.717, 1.165) is 13.0 Å². The van der Waals surface area contributed by atoms with Crippen molar-refractivity contribution in [2.45, 2.75) is 19.4 Å². The second-order valence-corrected chi connectivity index (χ2v) is 6.49. The van der Waals surface area contributed by atoms with Gasteiger partial charge in [-0.1, -0.05) is 18.2 Å². The molecule has 1 heterocycles. The number of nitrogens with one attached hydrogen (secondary N) is 1. The number of fused-ring (bicyclic) bond motifs is 1. The third-order valence-electron chi connectivity index (χ3n) is 4.67. The zero-order valence-electron chi connectivity index (χ0n) is 15.6. The third kappa shape index (κ3) is 4.32. The molecule has 1 aliphatic heterocycles. The standard InChI is InChI=1S/C21H23N3O3/c1-15-11-17-5-3-4-6-18(17)24(15)10-9-23-21(25)14-27-19-8-7-16(13-22)12-20(19)26-2/h3-8,12,15H,9-11,14H2,1-2H3,(H,23,25). The number of anilines is 1. The van der Waals surface area contributed by atoms with Crippen LogP contribution < -0.4 is 19.7 Å². The average Bonchev–Trinajstić information content (AvgIpc) is 3.01. The Morgan fingerprint density at radius 3 is 2.89 bits per heavy atom. The van der Waals surface area contributed by atoms with Crippen LogP contribution in [0.2, 0.25) is 0 Å². The van der Waals surface area contributed by atoms with Crippen molar-refractivity contribution in [2.75, 3.05) is 31.7 Å². The summed E-state index contributed by atoms with van der Waals surface area (Å²) < 4.78 is 10.7. The summed E-state index contributed by atoms with van der Waals surface area (Å²) in [6.45, 7) is 3.39. The number of nitrogens with zero attached hydrogens (tertiary/aromatic N) is 2. The molecule has 2 aromatic carbocycles. The molecule has 27 heavy (non-hydrogen) atoms. The quantitative estimate of drug-likeness (QED) is 0.816. The molecule has 3 rings (SSSR count). The maximum atomic E-state index is 12.1. The Labute approximate surface area is 159 Å². The van der Waals surface area contributed by atoms with Gasteiger partial charge in [0.05, 0.1) is 18.7 Å². The first kappa shape index (κ1) is 18.6. The molecule has 2 aromatic rings. The van der Waals surface area contributed by atoms with Gasteiger partial charge in [-0.3, -0.25) is 4.79 Å². The number of hydrogen-bond donors (Lipinski definition) is 1. The second kappa shape index (κ2) is 8.45. The summed E-state index contributed by atoms with van der Waals surface area (Å²) >= 11 is 0. The minimum absolute atomic E-state index is 0.103. The van der Waals surface area contributed by atoms with Gasteiger partial charge in [0, 0.05) is 30.9 Å². The van der Waals surface area contributed by atoms with Gasteiger partial charge in [-0.05, 0) is 37.1 Å². The Balaban J connectivity index is 1.48. The van der Waals surface area contributed by atoms with Gasteiger partial charge in [0.25, 0.3) is 5.91 Å². The Morgan fingerprint density at radius 2 is 2.11 bits per heavy atom. The molecule has 1 aliphatic rings. The number of hydrogen-bond acceptors (Lipinski definition) is 5. The molecule has 0 bridgehead atoms. The molecule has 1 atom stereocenters. The van der Waals surface area contributed by atoms with Crippen LogP contribution in [0.4, 0.5) is 5.69 Å². The van der Waals surface area contributed by atoms with E-state index in [0.29, 0.717) is 29.6 Å². The monoisotopic (exact) mass is 365 g/mol. The van der Waals surface area contributed by atoms with Crippen molar-refractivity contribution >= 4 is 11.6 Å². The van der Waals surface area contributed by atoms with E-state index in [1.807, 2.05) is 12.1 Å². The zero-order valence-corrected chi connectivity index (χ0v) is 15.6. The lowest BCUT2D eigenvalue weighted by molar-refractivity contribution is -0.123. The predicted octanol–water partition coefficient (Wildman–Crippen LogP) is 2.51. The van der Waals surface area contributed by atoms with Crippen molar-refractivity contribution < 1.29 is 14.3 Å². The molecule has 0 radical (unpaired) electrons. The van der Waals surface area contributed by atoms with Gasteiger partial charge in [0.2, 0.25) is 0 Å². The van der Waals surface area contributed by atoms with Crippen molar-refractivity contribution in [1.82, 2.24) is 5.32 Å². The first-order valence-electron chi connectivity index (χ1n) is 8.94. The molecule has 6 heteroatoms. The number of rotatable bonds is 7. The summed E-state index contributed by atoms with van der Waals surface area (Å²) in [6.07, 6.45) is 1.03. The molecular weight excluding hydrogens is 342 g/mol. The molecule has 0 saturated carbocycles. The number of amides is 1. The fourth-order valence-electron chi connectivity index (χ4n) is 3.34. The minimum atomic E-state index is -0.193. The Morgan fingerprint density at radius 1 is 1.30 bits per heavy atom. The van der Waals surface area contributed by atoms with Crippen LogP contribution in [0.3, 0.4) is 0 Å². The number of carbonyl (C=O) groups excluding carboxylic acids is 1. The summed E-state index contributed by atoms with van der Waals surface area (Å²) in [4.78, 5) is 14.4. The Kier molecular flexibility index (Phi) is 5.82. The minimum Gasteiger partial charge on any atom is -0.493 e. The first-order valence-corrected chi connectivity index (χ1v) is 8.94. The summed E-state index contributed by atoms with van der Waals surface area (Å²) in [7, 11) is 1.50. The van der Waals surface area contributed by atoms with E-state index < -0.39 is 0 Å². The molecule has 1 amide bonds. The number of carbonyl (C=O) groups is 1. The van der Waals surface area contributed by atoms with E-state index in [-0.39, 0.29) is 12.5 Å². The summed E-state index contributed by atoms with van der Waals surface area (Å²) in [5.74, 6) is 0.680. The number of methoxy groups -OCH3 is 1. The van der Waals surface area contributed by atoms with Gasteiger partial charge in [0.15, 0.2) is 18.1 Å². The van der Waals surface area contributed by atoms with Gasteiger partial charge in [0.1, 0.15) is 0 Å². The van der Waals surface area contributed by atoms with Crippen LogP contribution in [0, 0.1) is 11.3 Å². The molecule has 1 N–H and O–H groups in total. The molecule has 1 unspecified atom stereocenters. The van der Waals surface area contributed by atoms with Gasteiger partial charge in [-0.25, -0.2) is 0 Å². The smallest absolute Gasteiger partial charge is 0.258 e. The van der Waals surface area contributed by atoms with Gasteiger partial charge in [-0.15, -0.1) is 0 Å². The fraction of sp³-hybridized carbons (Fsp3) is 0.333. The average molecular weight is 365 g/mol. The summed E-state index contributed by atoms with van der Waals surface area (Å²) in [5.41, 5.74) is 3.08. The number of ether oxygens (including phenoxy) is 2. The number of para-hydroxylation sites is 1. The van der Waals surface area contributed by atoms with E-state index in [9.17, 15) is 4.79 Å². The van der Waals surface area contributed by atoms with E-state index in [1.165, 1.54) is 18.4 Å². The lowest BCUT2D eigenvalue weighted by Crippen LogP contribution is -2.39. The van der Waals surface area contributed by atoms with Crippen LogP contribution in [0.1, 0.15) is 18.1 Å². The van der Waals surface area contributed by atoms with Crippen molar-refractivity contribution in [3.63, 3.8) is 0 Å². The summed E-state index contributed by atoms with van der Waals surface area (Å²) in [6, 6.07) is 15.7. The maximum Gasteiger partial charge on any atom is 0.258 e. The molecule has 0 aromatic heterocycles. The van der Waals surface area contributed by atoms with Crippen LogP contribution >= 0.6 is 0 Å². The van der Waals surface area contributed by atoms with Crippen LogP contribution in [0.25, 0.3) is 0 Å². The molecule has 0 saturated heterocycles. The van der Waals surface area contributed by atoms with Crippen LogP contribution in [-0.2, 0) is 11.2 Å². The van der Waals surface area contributed by atoms with E-state index in [4.69, 9.17) is 14.7 Å². The SMILES string of the molecule is COc1cc(C#N)ccc1OCC(=O)NCCN1c2ccccc2CC1C. The highest BCUT2D eigenvalue weighted by atomic mass is 16.5. The maximum absolute atomic E-state index is 12.1. The van der Waals surface area contributed by atoms with Crippen molar-refractivity contribution in [1.29, 1.82) is 5.26 Å². The second-order valence-electron chi connectivity index (χ2n) is 6.49. The third-order valence-corrected chi connectivity index (χ3v) is 4.67. The van der Waals surface area contributed by atoms with E-state index in [2.05, 4.69) is 35.3 Å². The van der Waals surface area contributed by atoms with Crippen LogP contribution in [0.5, 0.6) is 11.5 Å². The zero-order chi connectivity index (χ0) is 19.2. The van der Waals surface area contributed by atoms with Crippen LogP contribution in [-0.4, -0.2) is 38.8 Å². The highest BCUT2D eigenvalue weighted by Crippen LogP contribution is 2.31.